The summed E-state index contributed by atoms with van der Waals surface area (Å²) in [4.78, 5) is 0. The molecule has 137 valence electrons. The molecule has 0 spiro atoms. The normalized spacial score (nSPS) is 8.81. The van der Waals surface area contributed by atoms with Crippen LogP contribution in [0.2, 0.25) is 0 Å². The van der Waals surface area contributed by atoms with Crippen LogP contribution in [0.1, 0.15) is 42.7 Å². The van der Waals surface area contributed by atoms with Gasteiger partial charge >= 0.3 is 0 Å². The van der Waals surface area contributed by atoms with E-state index in [0.29, 0.717) is 0 Å². The molecule has 0 unspecified atom stereocenters. The molecule has 0 saturated heterocycles. The molecule has 3 rings (SSSR count). The first-order valence-corrected chi connectivity index (χ1v) is 8.05. The molecule has 3 aromatic rings. The Kier molecular flexibility index (Phi) is 13.5. The molecule has 0 amide bonds. The van der Waals surface area contributed by atoms with Gasteiger partial charge in [0.05, 0.1) is 0 Å². The molecular formula is C25H33Y-. The van der Waals surface area contributed by atoms with Crippen molar-refractivity contribution in [2.24, 2.45) is 0 Å². The Bertz CT molecular complexity index is 710. The van der Waals surface area contributed by atoms with E-state index < -0.39 is 0 Å². The van der Waals surface area contributed by atoms with Crippen molar-refractivity contribution in [3.63, 3.8) is 0 Å². The summed E-state index contributed by atoms with van der Waals surface area (Å²) in [5.41, 5.74) is 8.99. The second-order valence-corrected chi connectivity index (χ2v) is 6.18. The Morgan fingerprint density at radius 3 is 1.23 bits per heavy atom. The van der Waals surface area contributed by atoms with Crippen molar-refractivity contribution in [2.45, 2.75) is 49.5 Å². The average molecular weight is 422 g/mol. The third-order valence-electron chi connectivity index (χ3n) is 4.00. The van der Waals surface area contributed by atoms with E-state index in [1.54, 1.807) is 0 Å². The summed E-state index contributed by atoms with van der Waals surface area (Å²) in [6, 6.07) is 24.7. The average Bonchev–Trinajstić information content (AvgIpc) is 2.54. The van der Waals surface area contributed by atoms with Gasteiger partial charge in [-0.15, -0.1) is 0 Å². The van der Waals surface area contributed by atoms with E-state index in [2.05, 4.69) is 101 Å². The molecule has 0 atom stereocenters. The van der Waals surface area contributed by atoms with Crippen molar-refractivity contribution >= 4 is 0 Å². The molecule has 0 fully saturated rings. The number of aryl methyl sites for hydroxylation is 5. The quantitative estimate of drug-likeness (QED) is 0.353. The van der Waals surface area contributed by atoms with Crippen LogP contribution in [0.25, 0.3) is 11.1 Å². The van der Waals surface area contributed by atoms with Crippen LogP contribution in [0.5, 0.6) is 0 Å². The third kappa shape index (κ3) is 8.43. The van der Waals surface area contributed by atoms with E-state index in [-0.39, 0.29) is 47.6 Å². The maximum Gasteiger partial charge on any atom is 0 e. The predicted octanol–water partition coefficient (Wildman–Crippen LogP) is 7.65. The van der Waals surface area contributed by atoms with Crippen molar-refractivity contribution in [2.75, 3.05) is 0 Å². The summed E-state index contributed by atoms with van der Waals surface area (Å²) in [5, 5.41) is 0. The van der Waals surface area contributed by atoms with Crippen molar-refractivity contribution in [3.05, 3.63) is 94.5 Å². The molecule has 0 N–H and O–H groups in total. The number of rotatable bonds is 1. The minimum atomic E-state index is 0. The first-order chi connectivity index (χ1) is 11.0. The van der Waals surface area contributed by atoms with Crippen LogP contribution >= 0.6 is 0 Å². The van der Waals surface area contributed by atoms with Gasteiger partial charge in [0.15, 0.2) is 0 Å². The first kappa shape index (κ1) is 27.0. The Labute approximate surface area is 187 Å². The van der Waals surface area contributed by atoms with Crippen LogP contribution < -0.4 is 0 Å². The topological polar surface area (TPSA) is 0 Å². The van der Waals surface area contributed by atoms with E-state index in [9.17, 15) is 0 Å². The van der Waals surface area contributed by atoms with E-state index in [0.717, 1.165) is 0 Å². The molecule has 26 heavy (non-hydrogen) atoms. The van der Waals surface area contributed by atoms with Gasteiger partial charge in [-0.05, 0) is 25.0 Å². The molecule has 0 bridgehead atoms. The molecule has 0 aromatic heterocycles. The SMILES string of the molecule is C.C.Cc1[c-]c(C)c(C)cc1.Cc1ccc(-c2ccc(C)cc2)cc1.[Y]. The zero-order chi connectivity index (χ0) is 16.8. The van der Waals surface area contributed by atoms with Gasteiger partial charge in [-0.3, -0.25) is 0 Å². The molecule has 0 nitrogen and oxygen atoms in total. The molecule has 0 aliphatic heterocycles. The van der Waals surface area contributed by atoms with Gasteiger partial charge < -0.3 is 0 Å². The summed E-state index contributed by atoms with van der Waals surface area (Å²) >= 11 is 0. The Balaban J connectivity index is 0. The van der Waals surface area contributed by atoms with E-state index in [1.807, 2.05) is 0 Å². The minimum absolute atomic E-state index is 0. The Morgan fingerprint density at radius 2 is 0.923 bits per heavy atom. The van der Waals surface area contributed by atoms with E-state index in [4.69, 9.17) is 0 Å². The predicted molar refractivity (Wildman–Crippen MR) is 114 cm³/mol. The summed E-state index contributed by atoms with van der Waals surface area (Å²) in [5.74, 6) is 0. The monoisotopic (exact) mass is 422 g/mol. The number of hydrogen-bond donors (Lipinski definition) is 0. The van der Waals surface area contributed by atoms with Gasteiger partial charge in [-0.25, -0.2) is 0 Å². The number of hydrogen-bond acceptors (Lipinski definition) is 0. The maximum atomic E-state index is 3.24. The molecule has 0 aliphatic rings. The van der Waals surface area contributed by atoms with Crippen molar-refractivity contribution < 1.29 is 32.7 Å². The molecule has 0 aliphatic carbocycles. The van der Waals surface area contributed by atoms with Crippen LogP contribution in [0.15, 0.2) is 60.7 Å². The van der Waals surface area contributed by atoms with Crippen LogP contribution in [0.3, 0.4) is 0 Å². The Morgan fingerprint density at radius 1 is 0.538 bits per heavy atom. The molecule has 0 saturated carbocycles. The zero-order valence-corrected chi connectivity index (χ0v) is 18.2. The minimum Gasteiger partial charge on any atom is -0.177 e. The second kappa shape index (κ2) is 13.0. The van der Waals surface area contributed by atoms with Gasteiger partial charge in [0.1, 0.15) is 0 Å². The standard InChI is InChI=1S/C14H14.C9H11.2CH4.Y/c1-11-3-7-13(8-4-11)14-9-5-12(2)6-10-14;1-7-4-5-8(2)9(3)6-7;;;/h3-10H,1-2H3;4-5H,1-3H3;2*1H4;/q;-1;;;. The van der Waals surface area contributed by atoms with Gasteiger partial charge in [0.2, 0.25) is 0 Å². The Hall–Kier alpha value is -1.24. The fourth-order valence-electron chi connectivity index (χ4n) is 2.30. The van der Waals surface area contributed by atoms with Crippen LogP contribution in [0, 0.1) is 40.7 Å². The van der Waals surface area contributed by atoms with E-state index in [1.165, 1.54) is 38.9 Å². The fourth-order valence-corrected chi connectivity index (χ4v) is 2.30. The maximum absolute atomic E-state index is 3.24. The molecule has 3 aromatic carbocycles. The van der Waals surface area contributed by atoms with Crippen LogP contribution in [-0.4, -0.2) is 0 Å². The summed E-state index contributed by atoms with van der Waals surface area (Å²) < 4.78 is 0. The molecular weight excluding hydrogens is 389 g/mol. The molecule has 1 heteroatoms. The van der Waals surface area contributed by atoms with Gasteiger partial charge in [-0.2, -0.15) is 34.9 Å². The van der Waals surface area contributed by atoms with E-state index >= 15 is 0 Å². The summed E-state index contributed by atoms with van der Waals surface area (Å²) in [7, 11) is 0. The van der Waals surface area contributed by atoms with Crippen molar-refractivity contribution in [1.29, 1.82) is 0 Å². The summed E-state index contributed by atoms with van der Waals surface area (Å²) in [6.07, 6.45) is 0. The third-order valence-corrected chi connectivity index (χ3v) is 4.00. The van der Waals surface area contributed by atoms with Crippen molar-refractivity contribution in [1.82, 2.24) is 0 Å². The van der Waals surface area contributed by atoms with Crippen molar-refractivity contribution in [3.8, 4) is 11.1 Å². The van der Waals surface area contributed by atoms with Crippen LogP contribution in [-0.2, 0) is 32.7 Å². The smallest absolute Gasteiger partial charge is 0 e. The largest absolute Gasteiger partial charge is 0.177 e. The van der Waals surface area contributed by atoms with Crippen LogP contribution in [0.4, 0.5) is 0 Å². The fraction of sp³-hybridized carbons (Fsp3) is 0.280. The zero-order valence-electron chi connectivity index (χ0n) is 15.4. The van der Waals surface area contributed by atoms with Gasteiger partial charge in [-0.1, -0.05) is 95.3 Å². The molecule has 1 radical (unpaired) electrons. The number of benzene rings is 3. The molecule has 0 heterocycles. The second-order valence-electron chi connectivity index (χ2n) is 6.18. The van der Waals surface area contributed by atoms with Gasteiger partial charge in [0, 0.05) is 32.7 Å². The first-order valence-electron chi connectivity index (χ1n) is 8.05. The summed E-state index contributed by atoms with van der Waals surface area (Å²) in [6.45, 7) is 10.5. The van der Waals surface area contributed by atoms with Gasteiger partial charge in [0.25, 0.3) is 0 Å².